The fourth-order valence-electron chi connectivity index (χ4n) is 0.796. The highest BCUT2D eigenvalue weighted by molar-refractivity contribution is 9.09. The molecule has 62 valence electrons. The average Bonchev–Trinajstić information content (AvgIpc) is 2.33. The van der Waals surface area contributed by atoms with Crippen molar-refractivity contribution >= 4 is 43.2 Å². The first-order chi connectivity index (χ1) is 5.11. The molecule has 0 aliphatic rings. The van der Waals surface area contributed by atoms with Gasteiger partial charge in [-0.15, -0.1) is 11.3 Å². The third-order valence-corrected chi connectivity index (χ3v) is 4.47. The molecule has 0 spiro atoms. The van der Waals surface area contributed by atoms with Crippen LogP contribution >= 0.6 is 43.2 Å². The summed E-state index contributed by atoms with van der Waals surface area (Å²) in [6.07, 6.45) is 0. The smallest absolute Gasteiger partial charge is 0.0461 e. The molecule has 0 aliphatic heterocycles. The lowest BCUT2D eigenvalue weighted by atomic mass is 10.3. The van der Waals surface area contributed by atoms with Crippen LogP contribution in [0, 0.1) is 0 Å². The van der Waals surface area contributed by atoms with Crippen molar-refractivity contribution in [1.29, 1.82) is 0 Å². The molecular weight excluding hydrogens is 288 g/mol. The maximum Gasteiger partial charge on any atom is 0.0461 e. The molecule has 1 rings (SSSR count). The van der Waals surface area contributed by atoms with Crippen molar-refractivity contribution in [2.75, 3.05) is 0 Å². The van der Waals surface area contributed by atoms with Crippen LogP contribution in [0.4, 0.5) is 0 Å². The minimum Gasteiger partial charge on any atom is -0.143 e. The number of halogens is 2. The van der Waals surface area contributed by atoms with Crippen LogP contribution in [0.25, 0.3) is 0 Å². The molecule has 11 heavy (non-hydrogen) atoms. The molecule has 0 fully saturated rings. The van der Waals surface area contributed by atoms with Gasteiger partial charge in [0.05, 0.1) is 0 Å². The van der Waals surface area contributed by atoms with Crippen molar-refractivity contribution < 1.29 is 0 Å². The minimum atomic E-state index is 0.479. The van der Waals surface area contributed by atoms with Gasteiger partial charge in [0.1, 0.15) is 0 Å². The monoisotopic (exact) mass is 296 g/mol. The zero-order valence-corrected chi connectivity index (χ0v) is 10.5. The summed E-state index contributed by atoms with van der Waals surface area (Å²) in [5, 5.41) is 0. The Morgan fingerprint density at radius 2 is 1.45 bits per heavy atom. The molecule has 2 unspecified atom stereocenters. The second-order valence-electron chi connectivity index (χ2n) is 2.47. The summed E-state index contributed by atoms with van der Waals surface area (Å²) >= 11 is 8.94. The Morgan fingerprint density at radius 3 is 1.64 bits per heavy atom. The Labute approximate surface area is 88.3 Å². The predicted octanol–water partition coefficient (Wildman–Crippen LogP) is 4.66. The van der Waals surface area contributed by atoms with Gasteiger partial charge in [-0.05, 0) is 26.0 Å². The second-order valence-corrected chi connectivity index (χ2v) is 6.37. The summed E-state index contributed by atoms with van der Waals surface area (Å²) in [5.74, 6) is 0. The highest BCUT2D eigenvalue weighted by Gasteiger charge is 2.07. The third-order valence-electron chi connectivity index (χ3n) is 1.43. The zero-order valence-electron chi connectivity index (χ0n) is 6.47. The molecule has 0 saturated carbocycles. The van der Waals surface area contributed by atoms with Gasteiger partial charge in [0.25, 0.3) is 0 Å². The topological polar surface area (TPSA) is 0 Å². The Bertz CT molecular complexity index is 205. The van der Waals surface area contributed by atoms with Crippen LogP contribution in [0.2, 0.25) is 0 Å². The van der Waals surface area contributed by atoms with Crippen molar-refractivity contribution in [3.8, 4) is 0 Å². The van der Waals surface area contributed by atoms with Crippen LogP contribution in [0.15, 0.2) is 12.1 Å². The van der Waals surface area contributed by atoms with Gasteiger partial charge < -0.3 is 0 Å². The SMILES string of the molecule is CC(Br)c1ccc(C(C)Br)s1. The molecule has 0 N–H and O–H groups in total. The summed E-state index contributed by atoms with van der Waals surface area (Å²) in [5.41, 5.74) is 0. The summed E-state index contributed by atoms with van der Waals surface area (Å²) < 4.78 is 0. The van der Waals surface area contributed by atoms with Gasteiger partial charge in [-0.3, -0.25) is 0 Å². The molecule has 0 radical (unpaired) electrons. The lowest BCUT2D eigenvalue weighted by Gasteiger charge is -1.98. The maximum absolute atomic E-state index is 3.54. The van der Waals surface area contributed by atoms with Gasteiger partial charge in [-0.2, -0.15) is 0 Å². The van der Waals surface area contributed by atoms with Gasteiger partial charge in [-0.1, -0.05) is 31.9 Å². The fraction of sp³-hybridized carbons (Fsp3) is 0.500. The maximum atomic E-state index is 3.54. The number of rotatable bonds is 2. The Kier molecular flexibility index (Phi) is 3.59. The highest BCUT2D eigenvalue weighted by Crippen LogP contribution is 2.34. The minimum absolute atomic E-state index is 0.479. The zero-order chi connectivity index (χ0) is 8.43. The summed E-state index contributed by atoms with van der Waals surface area (Å²) in [6, 6.07) is 4.36. The Morgan fingerprint density at radius 1 is 1.09 bits per heavy atom. The van der Waals surface area contributed by atoms with Crippen molar-refractivity contribution in [3.63, 3.8) is 0 Å². The molecular formula is C8H10Br2S. The van der Waals surface area contributed by atoms with Crippen molar-refractivity contribution in [2.45, 2.75) is 23.5 Å². The lowest BCUT2D eigenvalue weighted by Crippen LogP contribution is -1.74. The van der Waals surface area contributed by atoms with E-state index in [1.165, 1.54) is 9.75 Å². The largest absolute Gasteiger partial charge is 0.143 e. The van der Waals surface area contributed by atoms with Crippen molar-refractivity contribution in [2.24, 2.45) is 0 Å². The number of hydrogen-bond acceptors (Lipinski definition) is 1. The van der Waals surface area contributed by atoms with Crippen LogP contribution in [0.1, 0.15) is 33.3 Å². The van der Waals surface area contributed by atoms with Gasteiger partial charge in [0, 0.05) is 19.4 Å². The van der Waals surface area contributed by atoms with Crippen LogP contribution in [-0.2, 0) is 0 Å². The Hall–Kier alpha value is 0.660. The van der Waals surface area contributed by atoms with Crippen molar-refractivity contribution in [3.05, 3.63) is 21.9 Å². The molecule has 0 saturated heterocycles. The molecule has 0 bridgehead atoms. The molecule has 1 aromatic rings. The molecule has 3 heteroatoms. The molecule has 1 heterocycles. The Balaban J connectivity index is 2.82. The van der Waals surface area contributed by atoms with Crippen LogP contribution in [0.3, 0.4) is 0 Å². The quantitative estimate of drug-likeness (QED) is 0.697. The first-order valence-electron chi connectivity index (χ1n) is 3.49. The van der Waals surface area contributed by atoms with E-state index in [4.69, 9.17) is 0 Å². The van der Waals surface area contributed by atoms with Gasteiger partial charge in [0.2, 0.25) is 0 Å². The first kappa shape index (κ1) is 9.75. The standard InChI is InChI=1S/C8H10Br2S/c1-5(9)7-3-4-8(11-7)6(2)10/h3-6H,1-2H3. The number of hydrogen-bond donors (Lipinski definition) is 0. The van der Waals surface area contributed by atoms with Gasteiger partial charge in [0.15, 0.2) is 0 Å². The van der Waals surface area contributed by atoms with E-state index in [-0.39, 0.29) is 0 Å². The van der Waals surface area contributed by atoms with Gasteiger partial charge >= 0.3 is 0 Å². The highest BCUT2D eigenvalue weighted by atomic mass is 79.9. The molecule has 0 nitrogen and oxygen atoms in total. The van der Waals surface area contributed by atoms with Crippen LogP contribution < -0.4 is 0 Å². The summed E-state index contributed by atoms with van der Waals surface area (Å²) in [6.45, 7) is 4.29. The van der Waals surface area contributed by atoms with Crippen LogP contribution in [-0.4, -0.2) is 0 Å². The molecule has 0 amide bonds. The van der Waals surface area contributed by atoms with Gasteiger partial charge in [-0.25, -0.2) is 0 Å². The first-order valence-corrected chi connectivity index (χ1v) is 6.14. The lowest BCUT2D eigenvalue weighted by molar-refractivity contribution is 1.17. The van der Waals surface area contributed by atoms with E-state index in [1.54, 1.807) is 0 Å². The van der Waals surface area contributed by atoms with Crippen LogP contribution in [0.5, 0.6) is 0 Å². The van der Waals surface area contributed by atoms with Crippen molar-refractivity contribution in [1.82, 2.24) is 0 Å². The van der Waals surface area contributed by atoms with E-state index in [0.717, 1.165) is 0 Å². The third kappa shape index (κ3) is 2.56. The molecule has 1 aromatic heterocycles. The second kappa shape index (κ2) is 4.06. The summed E-state index contributed by atoms with van der Waals surface area (Å²) in [4.78, 5) is 3.75. The van der Waals surface area contributed by atoms with E-state index < -0.39 is 0 Å². The summed E-state index contributed by atoms with van der Waals surface area (Å²) in [7, 11) is 0. The van der Waals surface area contributed by atoms with E-state index in [1.807, 2.05) is 11.3 Å². The molecule has 0 aliphatic carbocycles. The predicted molar refractivity (Wildman–Crippen MR) is 59.0 cm³/mol. The van der Waals surface area contributed by atoms with E-state index in [9.17, 15) is 0 Å². The molecule has 2 atom stereocenters. The normalized spacial score (nSPS) is 16.4. The average molecular weight is 298 g/mol. The van der Waals surface area contributed by atoms with E-state index in [0.29, 0.717) is 9.65 Å². The van der Waals surface area contributed by atoms with E-state index >= 15 is 0 Å². The number of alkyl halides is 2. The van der Waals surface area contributed by atoms with E-state index in [2.05, 4.69) is 57.8 Å². The number of thiophene rings is 1. The molecule has 0 aromatic carbocycles. The fourth-order valence-corrected chi connectivity index (χ4v) is 2.53.